The summed E-state index contributed by atoms with van der Waals surface area (Å²) < 4.78 is 152. The fourth-order valence-corrected chi connectivity index (χ4v) is 6.56. The maximum absolute atomic E-state index is 14.6. The van der Waals surface area contributed by atoms with Gasteiger partial charge >= 0.3 is 33.4 Å². The third-order valence-electron chi connectivity index (χ3n) is 7.83. The number of fused-ring (bicyclic) bond motifs is 7. The van der Waals surface area contributed by atoms with Crippen LogP contribution < -0.4 is 4.18 Å². The SMILES string of the molecule is O=S(=O)(Oc1ccc2ccccc2c1-c1ccc2c(c1)c1c(c3ccccc32)C=CCC1)C(F)(F)C(F)(F)C(F)(F)C(F)(F)F. The van der Waals surface area contributed by atoms with E-state index in [4.69, 9.17) is 0 Å². The molecule has 5 aromatic rings. The van der Waals surface area contributed by atoms with E-state index < -0.39 is 39.1 Å². The molecule has 0 aliphatic heterocycles. The van der Waals surface area contributed by atoms with Gasteiger partial charge in [-0.25, -0.2) is 0 Å². The van der Waals surface area contributed by atoms with E-state index in [2.05, 4.69) is 4.18 Å². The Hall–Kier alpha value is -4.26. The molecule has 0 fully saturated rings. The van der Waals surface area contributed by atoms with Crippen LogP contribution in [0.1, 0.15) is 17.5 Å². The Morgan fingerprint density at radius 2 is 1.27 bits per heavy atom. The summed E-state index contributed by atoms with van der Waals surface area (Å²) in [5.41, 5.74) is 1.87. The van der Waals surface area contributed by atoms with Crippen molar-refractivity contribution in [1.29, 1.82) is 0 Å². The molecule has 0 saturated heterocycles. The summed E-state index contributed by atoms with van der Waals surface area (Å²) in [6.07, 6.45) is -1.90. The molecule has 6 rings (SSSR count). The van der Waals surface area contributed by atoms with Crippen LogP contribution >= 0.6 is 0 Å². The van der Waals surface area contributed by atoms with E-state index in [0.717, 1.165) is 33.4 Å². The summed E-state index contributed by atoms with van der Waals surface area (Å²) in [5.74, 6) is -15.8. The topological polar surface area (TPSA) is 43.4 Å². The van der Waals surface area contributed by atoms with Crippen LogP contribution in [0, 0.1) is 0 Å². The average molecular weight is 655 g/mol. The van der Waals surface area contributed by atoms with Crippen LogP contribution in [-0.2, 0) is 16.5 Å². The van der Waals surface area contributed by atoms with Gasteiger partial charge in [0.2, 0.25) is 0 Å². The van der Waals surface area contributed by atoms with E-state index in [1.165, 1.54) is 24.3 Å². The Bertz CT molecular complexity index is 2140. The zero-order valence-electron chi connectivity index (χ0n) is 22.6. The van der Waals surface area contributed by atoms with E-state index in [9.17, 15) is 47.9 Å². The number of alkyl halides is 9. The van der Waals surface area contributed by atoms with Gasteiger partial charge in [-0.05, 0) is 74.0 Å². The molecule has 1 aliphatic rings. The van der Waals surface area contributed by atoms with Crippen molar-refractivity contribution in [3.63, 3.8) is 0 Å². The lowest BCUT2D eigenvalue weighted by Gasteiger charge is -2.32. The molecule has 0 aromatic heterocycles. The van der Waals surface area contributed by atoms with Gasteiger partial charge in [0, 0.05) is 5.56 Å². The fourth-order valence-electron chi connectivity index (χ4n) is 5.64. The highest BCUT2D eigenvalue weighted by molar-refractivity contribution is 7.88. The molecule has 0 atom stereocenters. The summed E-state index contributed by atoms with van der Waals surface area (Å²) in [6.45, 7) is 0. The predicted octanol–water partition coefficient (Wildman–Crippen LogP) is 9.91. The molecule has 0 N–H and O–H groups in total. The van der Waals surface area contributed by atoms with Gasteiger partial charge in [-0.1, -0.05) is 78.9 Å². The van der Waals surface area contributed by atoms with Gasteiger partial charge in [0.25, 0.3) is 0 Å². The van der Waals surface area contributed by atoms with Gasteiger partial charge in [0.1, 0.15) is 0 Å². The minimum absolute atomic E-state index is 0.187. The van der Waals surface area contributed by atoms with Crippen molar-refractivity contribution >= 4 is 48.5 Å². The molecule has 45 heavy (non-hydrogen) atoms. The smallest absolute Gasteiger partial charge is 0.377 e. The predicted molar refractivity (Wildman–Crippen MR) is 152 cm³/mol. The third kappa shape index (κ3) is 4.53. The Balaban J connectivity index is 1.56. The molecule has 0 bridgehead atoms. The second-order valence-electron chi connectivity index (χ2n) is 10.5. The lowest BCUT2D eigenvalue weighted by atomic mass is 9.85. The summed E-state index contributed by atoms with van der Waals surface area (Å²) in [4.78, 5) is 0. The van der Waals surface area contributed by atoms with Crippen molar-refractivity contribution in [2.45, 2.75) is 36.1 Å². The Kier molecular flexibility index (Phi) is 6.92. The van der Waals surface area contributed by atoms with Crippen LogP contribution in [0.25, 0.3) is 49.5 Å². The number of aryl methyl sites for hydroxylation is 1. The number of halogens is 9. The lowest BCUT2D eigenvalue weighted by molar-refractivity contribution is -0.382. The maximum Gasteiger partial charge on any atom is 0.460 e. The van der Waals surface area contributed by atoms with Crippen LogP contribution in [0.3, 0.4) is 0 Å². The second-order valence-corrected chi connectivity index (χ2v) is 12.1. The number of allylic oxidation sites excluding steroid dienone is 1. The van der Waals surface area contributed by atoms with Crippen molar-refractivity contribution in [2.75, 3.05) is 0 Å². The quantitative estimate of drug-likeness (QED) is 0.104. The molecule has 5 aromatic carbocycles. The summed E-state index contributed by atoms with van der Waals surface area (Å²) >= 11 is 0. The first-order chi connectivity index (χ1) is 21.0. The number of benzene rings is 5. The summed E-state index contributed by atoms with van der Waals surface area (Å²) in [5, 5.41) is -2.99. The summed E-state index contributed by atoms with van der Waals surface area (Å²) in [6, 6.07) is 20.6. The first-order valence-electron chi connectivity index (χ1n) is 13.3. The fraction of sp³-hybridized carbons (Fsp3) is 0.188. The average Bonchev–Trinajstić information content (AvgIpc) is 3.00. The standard InChI is InChI=1S/C32H19F9O3S/c33-29(34,31(37,38)39)30(35,36)32(40,41)45(42,43)44-27-16-14-18-7-1-2-8-20(18)28(27)19-13-15-25-23-11-4-3-9-21(23)22-10-5-6-12-24(22)26(25)17-19/h1-5,7-11,13-17H,6,12H2. The van der Waals surface area contributed by atoms with Gasteiger partial charge in [0.15, 0.2) is 5.75 Å². The molecule has 234 valence electrons. The molecule has 0 amide bonds. The van der Waals surface area contributed by atoms with Crippen molar-refractivity contribution in [3.8, 4) is 16.9 Å². The van der Waals surface area contributed by atoms with E-state index >= 15 is 0 Å². The molecule has 1 aliphatic carbocycles. The largest absolute Gasteiger partial charge is 0.460 e. The molecule has 0 radical (unpaired) electrons. The first-order valence-corrected chi connectivity index (χ1v) is 14.7. The molecular formula is C32H19F9O3S. The number of rotatable bonds is 6. The van der Waals surface area contributed by atoms with E-state index in [-0.39, 0.29) is 16.5 Å². The minimum atomic E-state index is -7.43. The third-order valence-corrected chi connectivity index (χ3v) is 9.11. The molecule has 0 unspecified atom stereocenters. The van der Waals surface area contributed by atoms with Crippen molar-refractivity contribution < 1.29 is 52.1 Å². The number of hydrogen-bond acceptors (Lipinski definition) is 3. The van der Waals surface area contributed by atoms with Crippen molar-refractivity contribution in [1.82, 2.24) is 0 Å². The Morgan fingerprint density at radius 3 is 1.96 bits per heavy atom. The highest BCUT2D eigenvalue weighted by Gasteiger charge is 2.86. The van der Waals surface area contributed by atoms with Crippen LogP contribution in [-0.4, -0.2) is 31.7 Å². The monoisotopic (exact) mass is 654 g/mol. The van der Waals surface area contributed by atoms with Crippen molar-refractivity contribution in [3.05, 3.63) is 96.1 Å². The molecular weight excluding hydrogens is 635 g/mol. The van der Waals surface area contributed by atoms with Gasteiger partial charge < -0.3 is 4.18 Å². The Morgan fingerprint density at radius 1 is 0.644 bits per heavy atom. The van der Waals surface area contributed by atoms with E-state index in [1.807, 2.05) is 36.4 Å². The van der Waals surface area contributed by atoms with Crippen molar-refractivity contribution in [2.24, 2.45) is 0 Å². The zero-order chi connectivity index (χ0) is 32.6. The van der Waals surface area contributed by atoms with Gasteiger partial charge in [0.05, 0.1) is 0 Å². The zero-order valence-corrected chi connectivity index (χ0v) is 23.4. The Labute approximate surface area is 249 Å². The normalized spacial score (nSPS) is 14.7. The van der Waals surface area contributed by atoms with Crippen LogP contribution in [0.4, 0.5) is 39.5 Å². The number of hydrogen-bond donors (Lipinski definition) is 0. The molecule has 0 saturated carbocycles. The summed E-state index contributed by atoms with van der Waals surface area (Å²) in [7, 11) is -7.17. The molecule has 13 heteroatoms. The highest BCUT2D eigenvalue weighted by Crippen LogP contribution is 2.55. The van der Waals surface area contributed by atoms with Crippen LogP contribution in [0.15, 0.2) is 84.9 Å². The van der Waals surface area contributed by atoms with Gasteiger partial charge in [-0.3, -0.25) is 0 Å². The molecule has 0 heterocycles. The van der Waals surface area contributed by atoms with E-state index in [0.29, 0.717) is 23.6 Å². The van der Waals surface area contributed by atoms with Gasteiger partial charge in [-0.15, -0.1) is 0 Å². The maximum atomic E-state index is 14.6. The molecule has 3 nitrogen and oxygen atoms in total. The second kappa shape index (κ2) is 10.1. The lowest BCUT2D eigenvalue weighted by Crippen LogP contribution is -2.63. The molecule has 0 spiro atoms. The first kappa shape index (κ1) is 30.8. The van der Waals surface area contributed by atoms with E-state index in [1.54, 1.807) is 24.3 Å². The van der Waals surface area contributed by atoms with Crippen LogP contribution in [0.5, 0.6) is 5.75 Å². The van der Waals surface area contributed by atoms with Crippen LogP contribution in [0.2, 0.25) is 0 Å². The minimum Gasteiger partial charge on any atom is -0.377 e. The highest BCUT2D eigenvalue weighted by atomic mass is 32.2. The van der Waals surface area contributed by atoms with Gasteiger partial charge in [-0.2, -0.15) is 47.9 Å².